The van der Waals surface area contributed by atoms with Crippen LogP contribution in [0.25, 0.3) is 0 Å². The zero-order chi connectivity index (χ0) is 16.9. The number of thiophene rings is 1. The summed E-state index contributed by atoms with van der Waals surface area (Å²) in [5.41, 5.74) is 0.551. The van der Waals surface area contributed by atoms with Crippen LogP contribution in [0, 0.1) is 5.82 Å². The molecule has 0 saturated carbocycles. The molecular formula is C18H15FN2O2S. The third-order valence-electron chi connectivity index (χ3n) is 3.55. The molecule has 0 aliphatic heterocycles. The van der Waals surface area contributed by atoms with E-state index in [0.29, 0.717) is 0 Å². The van der Waals surface area contributed by atoms with Gasteiger partial charge in [0.2, 0.25) is 5.91 Å². The number of carbonyl (C=O) groups is 1. The Bertz CT molecular complexity index is 873. The van der Waals surface area contributed by atoms with Crippen molar-refractivity contribution in [3.8, 4) is 0 Å². The maximum absolute atomic E-state index is 13.2. The molecule has 1 amide bonds. The molecule has 4 nitrogen and oxygen atoms in total. The van der Waals surface area contributed by atoms with Gasteiger partial charge in [0.05, 0.1) is 6.04 Å². The minimum atomic E-state index is -0.377. The molecule has 3 aromatic rings. The van der Waals surface area contributed by atoms with E-state index in [4.69, 9.17) is 0 Å². The molecule has 2 heterocycles. The van der Waals surface area contributed by atoms with Crippen LogP contribution >= 0.6 is 11.3 Å². The summed E-state index contributed by atoms with van der Waals surface area (Å²) >= 11 is 1.50. The fraction of sp³-hybridized carbons (Fsp3) is 0.111. The molecule has 1 aromatic carbocycles. The fourth-order valence-corrected chi connectivity index (χ4v) is 3.18. The molecule has 1 unspecified atom stereocenters. The summed E-state index contributed by atoms with van der Waals surface area (Å²) in [6, 6.07) is 14.2. The summed E-state index contributed by atoms with van der Waals surface area (Å²) in [4.78, 5) is 25.0. The highest BCUT2D eigenvalue weighted by Crippen LogP contribution is 2.26. The second kappa shape index (κ2) is 7.23. The molecule has 1 atom stereocenters. The Labute approximate surface area is 142 Å². The third-order valence-corrected chi connectivity index (χ3v) is 4.49. The molecule has 6 heteroatoms. The first-order valence-electron chi connectivity index (χ1n) is 7.37. The van der Waals surface area contributed by atoms with Gasteiger partial charge < -0.3 is 9.88 Å². The quantitative estimate of drug-likeness (QED) is 0.775. The molecule has 122 valence electrons. The molecule has 0 fully saturated rings. The highest BCUT2D eigenvalue weighted by molar-refractivity contribution is 7.10. The molecule has 1 N–H and O–H groups in total. The van der Waals surface area contributed by atoms with E-state index >= 15 is 0 Å². The van der Waals surface area contributed by atoms with Crippen molar-refractivity contribution in [1.82, 2.24) is 9.88 Å². The van der Waals surface area contributed by atoms with Crippen LogP contribution in [0.1, 0.15) is 16.5 Å². The first kappa shape index (κ1) is 16.1. The average molecular weight is 342 g/mol. The Kier molecular flexibility index (Phi) is 4.86. The first-order valence-corrected chi connectivity index (χ1v) is 8.25. The van der Waals surface area contributed by atoms with Crippen molar-refractivity contribution >= 4 is 17.2 Å². The molecule has 3 rings (SSSR count). The maximum Gasteiger partial charge on any atom is 0.250 e. The van der Waals surface area contributed by atoms with Gasteiger partial charge in [-0.1, -0.05) is 24.3 Å². The van der Waals surface area contributed by atoms with Gasteiger partial charge in [-0.05, 0) is 35.2 Å². The van der Waals surface area contributed by atoms with Gasteiger partial charge >= 0.3 is 0 Å². The summed E-state index contributed by atoms with van der Waals surface area (Å²) in [6.45, 7) is -0.0667. The average Bonchev–Trinajstić information content (AvgIpc) is 3.10. The lowest BCUT2D eigenvalue weighted by Gasteiger charge is -2.18. The highest BCUT2D eigenvalue weighted by Gasteiger charge is 2.18. The van der Waals surface area contributed by atoms with Crippen molar-refractivity contribution in [2.75, 3.05) is 0 Å². The van der Waals surface area contributed by atoms with E-state index in [0.717, 1.165) is 10.4 Å². The second-order valence-corrected chi connectivity index (χ2v) is 6.21. The zero-order valence-electron chi connectivity index (χ0n) is 12.7. The summed E-state index contributed by atoms with van der Waals surface area (Å²) in [5, 5.41) is 4.84. The first-order chi connectivity index (χ1) is 11.6. The molecule has 0 aliphatic rings. The summed E-state index contributed by atoms with van der Waals surface area (Å²) in [6.07, 6.45) is 1.57. The van der Waals surface area contributed by atoms with E-state index in [2.05, 4.69) is 5.32 Å². The Hall–Kier alpha value is -2.73. The number of halogens is 1. The van der Waals surface area contributed by atoms with E-state index in [-0.39, 0.29) is 29.9 Å². The summed E-state index contributed by atoms with van der Waals surface area (Å²) in [5.74, 6) is -0.614. The molecule has 0 saturated heterocycles. The molecule has 24 heavy (non-hydrogen) atoms. The van der Waals surface area contributed by atoms with Crippen LogP contribution in [0.4, 0.5) is 4.39 Å². The molecule has 0 spiro atoms. The van der Waals surface area contributed by atoms with Crippen molar-refractivity contribution < 1.29 is 9.18 Å². The van der Waals surface area contributed by atoms with E-state index in [1.807, 2.05) is 17.5 Å². The molecule has 0 bridgehead atoms. The minimum Gasteiger partial charge on any atom is -0.343 e. The lowest BCUT2D eigenvalue weighted by atomic mass is 10.1. The lowest BCUT2D eigenvalue weighted by molar-refractivity contribution is -0.122. The third kappa shape index (κ3) is 3.78. The molecule has 0 aliphatic carbocycles. The zero-order valence-corrected chi connectivity index (χ0v) is 13.5. The summed E-state index contributed by atoms with van der Waals surface area (Å²) in [7, 11) is 0. The van der Waals surface area contributed by atoms with Crippen LogP contribution in [0.2, 0.25) is 0 Å². The Morgan fingerprint density at radius 3 is 2.58 bits per heavy atom. The number of nitrogens with one attached hydrogen (secondary N) is 1. The van der Waals surface area contributed by atoms with Gasteiger partial charge in [0.15, 0.2) is 0 Å². The lowest BCUT2D eigenvalue weighted by Crippen LogP contribution is -2.34. The Morgan fingerprint density at radius 1 is 1.12 bits per heavy atom. The van der Waals surface area contributed by atoms with E-state index < -0.39 is 0 Å². The van der Waals surface area contributed by atoms with Crippen LogP contribution in [0.15, 0.2) is 71.0 Å². The number of pyridine rings is 1. The summed E-state index contributed by atoms with van der Waals surface area (Å²) < 4.78 is 14.5. The van der Waals surface area contributed by atoms with Gasteiger partial charge in [0.25, 0.3) is 5.56 Å². The van der Waals surface area contributed by atoms with Crippen LogP contribution in [0.3, 0.4) is 0 Å². The van der Waals surface area contributed by atoms with Crippen molar-refractivity contribution in [3.63, 3.8) is 0 Å². The van der Waals surface area contributed by atoms with Gasteiger partial charge in [-0.15, -0.1) is 11.3 Å². The van der Waals surface area contributed by atoms with Gasteiger partial charge in [0, 0.05) is 17.1 Å². The maximum atomic E-state index is 13.2. The van der Waals surface area contributed by atoms with Crippen molar-refractivity contribution in [2.45, 2.75) is 12.6 Å². The molecule has 0 radical (unpaired) electrons. The highest BCUT2D eigenvalue weighted by atomic mass is 32.1. The van der Waals surface area contributed by atoms with Gasteiger partial charge in [0.1, 0.15) is 12.4 Å². The predicted molar refractivity (Wildman–Crippen MR) is 91.4 cm³/mol. The molecular weight excluding hydrogens is 327 g/mol. The van der Waals surface area contributed by atoms with Crippen LogP contribution < -0.4 is 10.9 Å². The van der Waals surface area contributed by atoms with E-state index in [1.165, 1.54) is 34.1 Å². The number of hydrogen-bond acceptors (Lipinski definition) is 3. The standard InChI is InChI=1S/C18H15FN2O2S/c19-14-8-6-13(7-9-14)18(15-4-3-11-24-15)20-16(22)12-21-10-2-1-5-17(21)23/h1-11,18H,12H2,(H,20,22). The monoisotopic (exact) mass is 342 g/mol. The number of aromatic nitrogens is 1. The van der Waals surface area contributed by atoms with Crippen molar-refractivity contribution in [3.05, 3.63) is 92.8 Å². The Morgan fingerprint density at radius 2 is 1.92 bits per heavy atom. The molecule has 2 aromatic heterocycles. The number of hydrogen-bond donors (Lipinski definition) is 1. The number of nitrogens with zero attached hydrogens (tertiary/aromatic N) is 1. The Balaban J connectivity index is 1.82. The van der Waals surface area contributed by atoms with E-state index in [9.17, 15) is 14.0 Å². The largest absolute Gasteiger partial charge is 0.343 e. The van der Waals surface area contributed by atoms with Gasteiger partial charge in [-0.2, -0.15) is 0 Å². The fourth-order valence-electron chi connectivity index (χ4n) is 2.38. The second-order valence-electron chi connectivity index (χ2n) is 5.23. The SMILES string of the molecule is O=C(Cn1ccccc1=O)NC(c1ccc(F)cc1)c1cccs1. The topological polar surface area (TPSA) is 51.1 Å². The smallest absolute Gasteiger partial charge is 0.250 e. The van der Waals surface area contributed by atoms with Crippen LogP contribution in [0.5, 0.6) is 0 Å². The van der Waals surface area contributed by atoms with Crippen LogP contribution in [-0.4, -0.2) is 10.5 Å². The van der Waals surface area contributed by atoms with E-state index in [1.54, 1.807) is 30.5 Å². The minimum absolute atomic E-state index is 0.0667. The number of rotatable bonds is 5. The number of carbonyl (C=O) groups excluding carboxylic acids is 1. The van der Waals surface area contributed by atoms with Gasteiger partial charge in [-0.25, -0.2) is 4.39 Å². The predicted octanol–water partition coefficient (Wildman–Crippen LogP) is 2.95. The van der Waals surface area contributed by atoms with Crippen molar-refractivity contribution in [2.24, 2.45) is 0 Å². The number of amides is 1. The normalized spacial score (nSPS) is 11.9. The van der Waals surface area contributed by atoms with Crippen molar-refractivity contribution in [1.29, 1.82) is 0 Å². The van der Waals surface area contributed by atoms with Gasteiger partial charge in [-0.3, -0.25) is 9.59 Å². The number of benzene rings is 1. The van der Waals surface area contributed by atoms with Crippen LogP contribution in [-0.2, 0) is 11.3 Å².